The highest BCUT2D eigenvalue weighted by atomic mass is 16.6. The number of hydrogen-bond acceptors (Lipinski definition) is 8. The first kappa shape index (κ1) is 42.8. The molecule has 0 aliphatic carbocycles. The molecule has 3 saturated heterocycles. The zero-order valence-electron chi connectivity index (χ0n) is 33.9. The Kier molecular flexibility index (Phi) is 13.7. The maximum atomic E-state index is 15.3. The van der Waals surface area contributed by atoms with Crippen LogP contribution in [0.5, 0.6) is 0 Å². The van der Waals surface area contributed by atoms with Gasteiger partial charge in [0.2, 0.25) is 17.7 Å². The summed E-state index contributed by atoms with van der Waals surface area (Å²) in [6.07, 6.45) is 4.16. The van der Waals surface area contributed by atoms with E-state index in [4.69, 9.17) is 14.2 Å². The Bertz CT molecular complexity index is 1710. The molecule has 2 N–H and O–H groups in total. The predicted molar refractivity (Wildman–Crippen MR) is 214 cm³/mol. The van der Waals surface area contributed by atoms with Crippen LogP contribution in [0.1, 0.15) is 84.0 Å². The highest BCUT2D eigenvalue weighted by Gasteiger charge is 2.76. The first-order valence-corrected chi connectivity index (χ1v) is 19.8. The monoisotopic (exact) mass is 771 g/mol. The van der Waals surface area contributed by atoms with E-state index in [9.17, 15) is 14.7 Å². The van der Waals surface area contributed by atoms with Gasteiger partial charge >= 0.3 is 5.97 Å². The summed E-state index contributed by atoms with van der Waals surface area (Å²) in [6.45, 7) is 18.0. The number of likely N-dealkylation sites (tertiary alicyclic amines) is 1. The van der Waals surface area contributed by atoms with E-state index >= 15 is 9.59 Å². The maximum absolute atomic E-state index is 15.3. The molecule has 3 aliphatic heterocycles. The molecule has 2 aromatic carbocycles. The van der Waals surface area contributed by atoms with Crippen LogP contribution >= 0.6 is 0 Å². The molecule has 3 amide bonds. The van der Waals surface area contributed by atoms with E-state index in [0.29, 0.717) is 37.7 Å². The van der Waals surface area contributed by atoms with Gasteiger partial charge in [0, 0.05) is 25.6 Å². The van der Waals surface area contributed by atoms with E-state index in [-0.39, 0.29) is 36.8 Å². The topological polar surface area (TPSA) is 135 Å². The Labute approximate surface area is 332 Å². The lowest BCUT2D eigenvalue weighted by molar-refractivity contribution is -0.164. The third kappa shape index (κ3) is 8.95. The molecule has 0 saturated carbocycles. The van der Waals surface area contributed by atoms with E-state index in [1.807, 2.05) is 74.5 Å². The molecule has 0 radical (unpaired) electrons. The van der Waals surface area contributed by atoms with Crippen molar-refractivity contribution in [2.24, 2.45) is 17.3 Å². The van der Waals surface area contributed by atoms with Crippen molar-refractivity contribution >= 4 is 23.7 Å². The molecule has 0 aromatic heterocycles. The second-order valence-electron chi connectivity index (χ2n) is 17.3. The first-order valence-electron chi connectivity index (χ1n) is 19.8. The lowest BCUT2D eigenvalue weighted by Gasteiger charge is -2.46. The second kappa shape index (κ2) is 17.9. The summed E-state index contributed by atoms with van der Waals surface area (Å²) in [6, 6.07) is 16.0. The van der Waals surface area contributed by atoms with Gasteiger partial charge in [0.1, 0.15) is 17.7 Å². The minimum Gasteiger partial charge on any atom is -0.455 e. The van der Waals surface area contributed by atoms with Gasteiger partial charge in [-0.1, -0.05) is 93.6 Å². The van der Waals surface area contributed by atoms with Crippen molar-refractivity contribution in [3.63, 3.8) is 0 Å². The summed E-state index contributed by atoms with van der Waals surface area (Å²) in [7, 11) is 1.51. The number of ether oxygens (including phenoxy) is 3. The van der Waals surface area contributed by atoms with Crippen molar-refractivity contribution in [3.8, 4) is 0 Å². The summed E-state index contributed by atoms with van der Waals surface area (Å²) < 4.78 is 18.7. The van der Waals surface area contributed by atoms with Crippen LogP contribution in [-0.2, 0) is 39.8 Å². The van der Waals surface area contributed by atoms with Crippen LogP contribution in [0.4, 0.5) is 0 Å². The first-order chi connectivity index (χ1) is 26.6. The largest absolute Gasteiger partial charge is 0.455 e. The minimum absolute atomic E-state index is 0.0507. The van der Waals surface area contributed by atoms with E-state index in [0.717, 1.165) is 5.56 Å². The van der Waals surface area contributed by atoms with Gasteiger partial charge < -0.3 is 34.4 Å². The predicted octanol–water partition coefficient (Wildman–Crippen LogP) is 5.58. The van der Waals surface area contributed by atoms with E-state index in [1.54, 1.807) is 17.1 Å². The number of benzene rings is 2. The number of rotatable bonds is 19. The summed E-state index contributed by atoms with van der Waals surface area (Å²) in [5.74, 6) is -3.70. The molecule has 0 unspecified atom stereocenters. The van der Waals surface area contributed by atoms with Gasteiger partial charge in [-0.25, -0.2) is 0 Å². The van der Waals surface area contributed by atoms with Crippen LogP contribution in [0.3, 0.4) is 0 Å². The number of carbonyl (C=O) groups is 4. The normalized spacial score (nSPS) is 24.6. The Balaban J connectivity index is 1.56. The number of nitrogens with one attached hydrogen (secondary N) is 1. The Morgan fingerprint density at radius 2 is 1.71 bits per heavy atom. The van der Waals surface area contributed by atoms with Gasteiger partial charge in [0.25, 0.3) is 0 Å². The van der Waals surface area contributed by atoms with Gasteiger partial charge in [-0.3, -0.25) is 19.2 Å². The smallest absolute Gasteiger partial charge is 0.313 e. The molecule has 5 rings (SSSR count). The van der Waals surface area contributed by atoms with Gasteiger partial charge in [-0.2, -0.15) is 0 Å². The number of amides is 3. The van der Waals surface area contributed by atoms with Crippen molar-refractivity contribution in [3.05, 3.63) is 97.1 Å². The molecule has 1 spiro atoms. The van der Waals surface area contributed by atoms with Crippen LogP contribution in [0.25, 0.3) is 0 Å². The Morgan fingerprint density at radius 1 is 1.05 bits per heavy atom. The minimum atomic E-state index is -1.34. The van der Waals surface area contributed by atoms with Crippen molar-refractivity contribution in [1.82, 2.24) is 15.1 Å². The van der Waals surface area contributed by atoms with Crippen LogP contribution < -0.4 is 5.32 Å². The van der Waals surface area contributed by atoms with Crippen molar-refractivity contribution < 1.29 is 38.5 Å². The van der Waals surface area contributed by atoms with E-state index in [2.05, 4.69) is 39.2 Å². The number of hydrogen-bond donors (Lipinski definition) is 2. The molecule has 304 valence electrons. The number of allylic oxidation sites excluding steroid dienone is 1. The highest BCUT2D eigenvalue weighted by molar-refractivity contribution is 5.98. The zero-order chi connectivity index (χ0) is 40.8. The van der Waals surface area contributed by atoms with Crippen LogP contribution in [-0.4, -0.2) is 101 Å². The highest BCUT2D eigenvalue weighted by Crippen LogP contribution is 2.59. The number of carbonyl (C=O) groups excluding carboxylic acids is 4. The molecule has 8 atom stereocenters. The number of aliphatic hydroxyl groups is 1. The molecular weight excluding hydrogens is 711 g/mol. The standard InChI is InChI=1S/C45H61N3O8/c1-9-11-22-35(50)46-33(28-54-8)38(31-20-16-13-17-21-31)55-42(53)36-34-23-24-45(56-34)37(36)40(51)48(32(27-49)26-30-18-14-12-15-19-30)39(45)41(52)47(25-10-2)44(6,7)29-43(3,4)5/h9-10,12-21,32-34,36-39,49H,1-2,11,22-29H2,3-8H3,(H,46,50)/t32-,33-,34+,36-,37-,38-,39+,45-/m1/s1. The zero-order valence-corrected chi connectivity index (χ0v) is 33.9. The second-order valence-corrected chi connectivity index (χ2v) is 17.3. The summed E-state index contributed by atoms with van der Waals surface area (Å²) >= 11 is 0. The maximum Gasteiger partial charge on any atom is 0.313 e. The average molecular weight is 772 g/mol. The molecule has 3 fully saturated rings. The average Bonchev–Trinajstić information content (AvgIpc) is 3.80. The molecule has 3 heterocycles. The lowest BCUT2D eigenvalue weighted by Crippen LogP contribution is -2.62. The fraction of sp³-hybridized carbons (Fsp3) is 0.556. The van der Waals surface area contributed by atoms with E-state index in [1.165, 1.54) is 12.0 Å². The number of nitrogens with zero attached hydrogens (tertiary/aromatic N) is 2. The van der Waals surface area contributed by atoms with Crippen LogP contribution in [0, 0.1) is 17.3 Å². The van der Waals surface area contributed by atoms with Crippen LogP contribution in [0.2, 0.25) is 0 Å². The molecule has 56 heavy (non-hydrogen) atoms. The summed E-state index contributed by atoms with van der Waals surface area (Å²) in [4.78, 5) is 61.5. The lowest BCUT2D eigenvalue weighted by atomic mass is 9.70. The molecule has 11 heteroatoms. The summed E-state index contributed by atoms with van der Waals surface area (Å²) in [5.41, 5.74) is -0.582. The van der Waals surface area contributed by atoms with Crippen molar-refractivity contribution in [1.29, 1.82) is 0 Å². The van der Waals surface area contributed by atoms with E-state index < -0.39 is 71.8 Å². The van der Waals surface area contributed by atoms with Gasteiger partial charge in [-0.05, 0) is 62.5 Å². The summed E-state index contributed by atoms with van der Waals surface area (Å²) in [5, 5.41) is 14.0. The number of fused-ring (bicyclic) bond motifs is 1. The molecule has 3 aliphatic rings. The molecule has 2 aromatic rings. The molecule has 11 nitrogen and oxygen atoms in total. The quantitative estimate of drug-likeness (QED) is 0.140. The van der Waals surface area contributed by atoms with Gasteiger partial charge in [-0.15, -0.1) is 13.2 Å². The fourth-order valence-corrected chi connectivity index (χ4v) is 9.60. The number of esters is 1. The van der Waals surface area contributed by atoms with Gasteiger partial charge in [0.15, 0.2) is 0 Å². The number of methoxy groups -OCH3 is 1. The third-order valence-corrected chi connectivity index (χ3v) is 11.4. The third-order valence-electron chi connectivity index (χ3n) is 11.4. The van der Waals surface area contributed by atoms with Crippen LogP contribution in [0.15, 0.2) is 86.0 Å². The van der Waals surface area contributed by atoms with Crippen molar-refractivity contribution in [2.75, 3.05) is 26.9 Å². The molecule has 2 bridgehead atoms. The SMILES string of the molecule is C=CCCC(=O)N[C@H](COC)[C@H](OC(=O)[C@@H]1[C@@H]2CC[C@]3(O2)[C@H](C(=O)N(CC=C)C(C)(C)CC(C)(C)C)N([C@@H](CO)Cc2ccccc2)C(=O)[C@@H]13)c1ccccc1. The number of aliphatic hydroxyl groups excluding tert-OH is 1. The molecular formula is C45H61N3O8. The Hall–Kier alpha value is -4.32. The fourth-order valence-electron chi connectivity index (χ4n) is 9.60. The van der Waals surface area contributed by atoms with Crippen molar-refractivity contribution in [2.45, 2.75) is 115 Å². The Morgan fingerprint density at radius 3 is 2.30 bits per heavy atom. The van der Waals surface area contributed by atoms with Gasteiger partial charge in [0.05, 0.1) is 43.2 Å².